The van der Waals surface area contributed by atoms with Crippen LogP contribution < -0.4 is 0 Å². The fraction of sp³-hybridized carbons (Fsp3) is 0.522. The maximum Gasteiger partial charge on any atom is 0.303 e. The monoisotopic (exact) mass is 372 g/mol. The molecular formula is C23H32O2S. The smallest absolute Gasteiger partial charge is 0.303 e. The van der Waals surface area contributed by atoms with Crippen molar-refractivity contribution >= 4 is 17.3 Å². The molecule has 1 N–H and O–H groups in total. The molecule has 2 aliphatic carbocycles. The van der Waals surface area contributed by atoms with E-state index in [1.807, 2.05) is 25.2 Å². The first-order valence-electron chi connectivity index (χ1n) is 9.55. The van der Waals surface area contributed by atoms with Gasteiger partial charge in [-0.1, -0.05) is 45.4 Å². The zero-order valence-corrected chi connectivity index (χ0v) is 17.8. The summed E-state index contributed by atoms with van der Waals surface area (Å²) in [6.45, 7) is 12.8. The molecule has 0 amide bonds. The van der Waals surface area contributed by atoms with E-state index in [9.17, 15) is 4.79 Å². The number of carbonyl (C=O) groups is 1. The van der Waals surface area contributed by atoms with E-state index in [1.54, 1.807) is 0 Å². The van der Waals surface area contributed by atoms with Gasteiger partial charge in [-0.15, -0.1) is 11.3 Å². The van der Waals surface area contributed by atoms with Crippen LogP contribution in [0.4, 0.5) is 0 Å². The van der Waals surface area contributed by atoms with Crippen LogP contribution in [0.15, 0.2) is 18.2 Å². The highest BCUT2D eigenvalue weighted by Crippen LogP contribution is 2.33. The number of hydrogen-bond donors (Lipinski definition) is 1. The van der Waals surface area contributed by atoms with E-state index in [4.69, 9.17) is 5.11 Å². The summed E-state index contributed by atoms with van der Waals surface area (Å²) in [4.78, 5) is 13.7. The van der Waals surface area contributed by atoms with Gasteiger partial charge < -0.3 is 5.11 Å². The Balaban J connectivity index is 0.000000282. The maximum atomic E-state index is 10.9. The van der Waals surface area contributed by atoms with E-state index < -0.39 is 5.97 Å². The van der Waals surface area contributed by atoms with Gasteiger partial charge in [0.05, 0.1) is 6.42 Å². The van der Waals surface area contributed by atoms with E-state index in [0.29, 0.717) is 0 Å². The molecule has 0 bridgehead atoms. The van der Waals surface area contributed by atoms with E-state index >= 15 is 0 Å². The molecule has 0 radical (unpaired) electrons. The third-order valence-corrected chi connectivity index (χ3v) is 6.60. The van der Waals surface area contributed by atoms with Crippen LogP contribution >= 0.6 is 11.3 Å². The summed E-state index contributed by atoms with van der Waals surface area (Å²) in [5.41, 5.74) is 4.27. The van der Waals surface area contributed by atoms with Crippen LogP contribution in [-0.2, 0) is 17.6 Å². The molecule has 0 aliphatic heterocycles. The number of hydrogen-bond acceptors (Lipinski definition) is 2. The Morgan fingerprint density at radius 3 is 2.23 bits per heavy atom. The van der Waals surface area contributed by atoms with Crippen LogP contribution in [0.1, 0.15) is 66.5 Å². The highest BCUT2D eigenvalue weighted by molar-refractivity contribution is 7.12. The summed E-state index contributed by atoms with van der Waals surface area (Å²) in [6, 6.07) is 6.50. The average molecular weight is 373 g/mol. The van der Waals surface area contributed by atoms with Crippen LogP contribution in [0.5, 0.6) is 0 Å². The van der Waals surface area contributed by atoms with Gasteiger partial charge in [-0.05, 0) is 72.6 Å². The van der Waals surface area contributed by atoms with Crippen molar-refractivity contribution in [3.63, 3.8) is 0 Å². The SMILES string of the molecule is CCCc1c(CCC(C)(C)CC(=O)O)sc(C)c1C.Cc1cc2ccc1=2. The van der Waals surface area contributed by atoms with E-state index in [2.05, 4.69) is 45.9 Å². The first-order valence-corrected chi connectivity index (χ1v) is 10.4. The Kier molecular flexibility index (Phi) is 6.68. The number of aryl methyl sites for hydroxylation is 3. The molecule has 1 aromatic rings. The normalized spacial score (nSPS) is 11.8. The predicted octanol–water partition coefficient (Wildman–Crippen LogP) is 6.35. The lowest BCUT2D eigenvalue weighted by atomic mass is 9.83. The lowest BCUT2D eigenvalue weighted by molar-refractivity contribution is -0.139. The highest BCUT2D eigenvalue weighted by Gasteiger charge is 2.23. The third-order valence-electron chi connectivity index (χ3n) is 5.29. The zero-order valence-electron chi connectivity index (χ0n) is 17.0. The van der Waals surface area contributed by atoms with Crippen LogP contribution in [0.2, 0.25) is 0 Å². The third kappa shape index (κ3) is 4.97. The van der Waals surface area contributed by atoms with Gasteiger partial charge in [-0.25, -0.2) is 0 Å². The average Bonchev–Trinajstić information content (AvgIpc) is 2.78. The predicted molar refractivity (Wildman–Crippen MR) is 111 cm³/mol. The number of rotatable bonds is 7. The van der Waals surface area contributed by atoms with Crippen molar-refractivity contribution in [3.05, 3.63) is 55.1 Å². The van der Waals surface area contributed by atoms with Crippen molar-refractivity contribution in [2.45, 2.75) is 73.6 Å². The minimum atomic E-state index is -0.697. The fourth-order valence-electron chi connectivity index (χ4n) is 3.45. The van der Waals surface area contributed by atoms with Gasteiger partial charge in [0.2, 0.25) is 0 Å². The van der Waals surface area contributed by atoms with Crippen molar-refractivity contribution in [1.29, 1.82) is 0 Å². The van der Waals surface area contributed by atoms with Crippen LogP contribution in [0.25, 0.3) is 0 Å². The molecule has 1 heterocycles. The molecular weight excluding hydrogens is 340 g/mol. The molecule has 2 nitrogen and oxygen atoms in total. The summed E-state index contributed by atoms with van der Waals surface area (Å²) in [6.07, 6.45) is 4.51. The van der Waals surface area contributed by atoms with Crippen molar-refractivity contribution in [2.24, 2.45) is 5.41 Å². The molecule has 0 saturated heterocycles. The second-order valence-electron chi connectivity index (χ2n) is 8.20. The van der Waals surface area contributed by atoms with Gasteiger partial charge in [0.25, 0.3) is 0 Å². The van der Waals surface area contributed by atoms with Crippen LogP contribution in [-0.4, -0.2) is 11.1 Å². The molecule has 0 unspecified atom stereocenters. The molecule has 2 aliphatic rings. The first-order chi connectivity index (χ1) is 12.1. The van der Waals surface area contributed by atoms with Crippen molar-refractivity contribution in [2.75, 3.05) is 0 Å². The molecule has 0 fully saturated rings. The van der Waals surface area contributed by atoms with Gasteiger partial charge in [0, 0.05) is 9.75 Å². The zero-order chi connectivity index (χ0) is 19.5. The number of thiophene rings is 1. The van der Waals surface area contributed by atoms with E-state index in [-0.39, 0.29) is 11.8 Å². The lowest BCUT2D eigenvalue weighted by Crippen LogP contribution is -2.17. The molecule has 1 aromatic heterocycles. The fourth-order valence-corrected chi connectivity index (χ4v) is 4.68. The highest BCUT2D eigenvalue weighted by atomic mass is 32.1. The van der Waals surface area contributed by atoms with Crippen molar-refractivity contribution < 1.29 is 9.90 Å². The first kappa shape index (κ1) is 20.7. The Hall–Kier alpha value is -1.61. The van der Waals surface area contributed by atoms with Gasteiger partial charge in [0.15, 0.2) is 0 Å². The van der Waals surface area contributed by atoms with E-state index in [1.165, 1.54) is 43.3 Å². The Morgan fingerprint density at radius 2 is 1.85 bits per heavy atom. The van der Waals surface area contributed by atoms with Crippen LogP contribution in [0.3, 0.4) is 0 Å². The van der Waals surface area contributed by atoms with Gasteiger partial charge >= 0.3 is 5.97 Å². The minimum Gasteiger partial charge on any atom is -0.481 e. The number of aliphatic carboxylic acids is 1. The largest absolute Gasteiger partial charge is 0.481 e. The van der Waals surface area contributed by atoms with Crippen molar-refractivity contribution in [1.82, 2.24) is 0 Å². The Bertz CT molecular complexity index is 874. The molecule has 0 saturated carbocycles. The summed E-state index contributed by atoms with van der Waals surface area (Å²) < 4.78 is 0. The maximum absolute atomic E-state index is 10.9. The summed E-state index contributed by atoms with van der Waals surface area (Å²) in [7, 11) is 0. The van der Waals surface area contributed by atoms with Gasteiger partial charge in [-0.2, -0.15) is 0 Å². The number of benzene rings is 1. The van der Waals surface area contributed by atoms with Gasteiger partial charge in [0.1, 0.15) is 0 Å². The molecule has 0 atom stereocenters. The second kappa shape index (κ2) is 8.39. The number of carboxylic acid groups (broad SMARTS) is 1. The van der Waals surface area contributed by atoms with Crippen molar-refractivity contribution in [3.8, 4) is 0 Å². The van der Waals surface area contributed by atoms with Gasteiger partial charge in [-0.3, -0.25) is 4.79 Å². The van der Waals surface area contributed by atoms with E-state index in [0.717, 1.165) is 19.3 Å². The second-order valence-corrected chi connectivity index (χ2v) is 9.51. The number of carboxylic acids is 1. The minimum absolute atomic E-state index is 0.124. The summed E-state index contributed by atoms with van der Waals surface area (Å²) in [5, 5.41) is 11.9. The Morgan fingerprint density at radius 1 is 1.15 bits per heavy atom. The Labute approximate surface area is 161 Å². The lowest BCUT2D eigenvalue weighted by Gasteiger charge is -2.22. The molecule has 3 heteroatoms. The standard InChI is InChI=1S/C16H26O2S.C7H6/c1-6-7-13-11(2)12(3)19-14(13)8-9-16(4,5)10-15(17)18;1-5-4-6-2-3-7(5)6/h6-10H2,1-5H3,(H,17,18);2-4H,1H3. The molecule has 0 aromatic carbocycles. The van der Waals surface area contributed by atoms with Crippen LogP contribution in [0, 0.1) is 36.6 Å². The molecule has 0 spiro atoms. The molecule has 3 rings (SSSR count). The summed E-state index contributed by atoms with van der Waals surface area (Å²) >= 11 is 1.89. The molecule has 142 valence electrons. The summed E-state index contributed by atoms with van der Waals surface area (Å²) in [5.74, 6) is -0.697. The molecule has 26 heavy (non-hydrogen) atoms. The quantitative estimate of drug-likeness (QED) is 0.525. The topological polar surface area (TPSA) is 37.3 Å².